The number of thiophene rings is 1. The van der Waals surface area contributed by atoms with Crippen LogP contribution in [0.25, 0.3) is 0 Å². The number of aryl methyl sites for hydroxylation is 2. The molecule has 2 aromatic rings. The number of rotatable bonds is 3. The van der Waals surface area contributed by atoms with E-state index < -0.39 is 10.0 Å². The summed E-state index contributed by atoms with van der Waals surface area (Å²) in [6, 6.07) is 9.37. The van der Waals surface area contributed by atoms with Gasteiger partial charge in [0, 0.05) is 41.8 Å². The van der Waals surface area contributed by atoms with E-state index in [9.17, 15) is 8.42 Å². The van der Waals surface area contributed by atoms with Crippen molar-refractivity contribution in [3.05, 3.63) is 45.8 Å². The first-order chi connectivity index (χ1) is 10.9. The van der Waals surface area contributed by atoms with Gasteiger partial charge in [0.05, 0.1) is 0 Å². The Bertz CT molecular complexity index is 809. The lowest BCUT2D eigenvalue weighted by Crippen LogP contribution is -2.48. The van der Waals surface area contributed by atoms with E-state index in [1.165, 1.54) is 11.3 Å². The average Bonchev–Trinajstić information content (AvgIpc) is 2.97. The summed E-state index contributed by atoms with van der Waals surface area (Å²) in [5.74, 6) is 0. The zero-order valence-corrected chi connectivity index (χ0v) is 15.5. The first kappa shape index (κ1) is 16.8. The zero-order chi connectivity index (χ0) is 16.6. The predicted molar refractivity (Wildman–Crippen MR) is 96.2 cm³/mol. The quantitative estimate of drug-likeness (QED) is 0.829. The van der Waals surface area contributed by atoms with Crippen molar-refractivity contribution in [1.82, 2.24) is 4.31 Å². The Kier molecular flexibility index (Phi) is 4.69. The third-order valence-corrected chi connectivity index (χ3v) is 7.66. The Morgan fingerprint density at radius 3 is 2.35 bits per heavy atom. The lowest BCUT2D eigenvalue weighted by atomic mass is 10.1. The molecule has 124 valence electrons. The van der Waals surface area contributed by atoms with Crippen molar-refractivity contribution in [1.29, 1.82) is 0 Å². The summed E-state index contributed by atoms with van der Waals surface area (Å²) in [4.78, 5) is 3.21. The maximum Gasteiger partial charge on any atom is 0.252 e. The number of anilines is 1. The third kappa shape index (κ3) is 3.40. The van der Waals surface area contributed by atoms with Gasteiger partial charge in [-0.3, -0.25) is 0 Å². The highest BCUT2D eigenvalue weighted by atomic mass is 35.5. The van der Waals surface area contributed by atoms with Crippen molar-refractivity contribution in [2.45, 2.75) is 18.1 Å². The lowest BCUT2D eigenvalue weighted by molar-refractivity contribution is 0.385. The van der Waals surface area contributed by atoms with E-state index >= 15 is 0 Å². The Morgan fingerprint density at radius 2 is 1.74 bits per heavy atom. The number of hydrogen-bond donors (Lipinski definition) is 0. The van der Waals surface area contributed by atoms with Crippen LogP contribution >= 0.6 is 22.9 Å². The molecule has 1 aliphatic rings. The topological polar surface area (TPSA) is 40.6 Å². The van der Waals surface area contributed by atoms with Gasteiger partial charge in [-0.1, -0.05) is 17.7 Å². The molecule has 0 bridgehead atoms. The van der Waals surface area contributed by atoms with Crippen LogP contribution in [0.5, 0.6) is 0 Å². The minimum absolute atomic E-state index is 0.433. The second-order valence-electron chi connectivity index (χ2n) is 5.69. The normalized spacial score (nSPS) is 16.7. The second-order valence-corrected chi connectivity index (χ2v) is 9.58. The molecular formula is C16H19ClN2O2S2. The molecule has 0 spiro atoms. The number of nitrogens with zero attached hydrogens (tertiary/aromatic N) is 2. The van der Waals surface area contributed by atoms with Crippen molar-refractivity contribution in [2.24, 2.45) is 0 Å². The molecular weight excluding hydrogens is 352 g/mol. The van der Waals surface area contributed by atoms with Crippen LogP contribution < -0.4 is 4.90 Å². The summed E-state index contributed by atoms with van der Waals surface area (Å²) in [6.07, 6.45) is 0. The van der Waals surface area contributed by atoms with Crippen LogP contribution in [0.1, 0.15) is 10.4 Å². The molecule has 0 atom stereocenters. The van der Waals surface area contributed by atoms with Crippen LogP contribution in [-0.2, 0) is 10.0 Å². The Balaban J connectivity index is 1.75. The minimum atomic E-state index is -3.37. The smallest absolute Gasteiger partial charge is 0.252 e. The SMILES string of the molecule is Cc1ccc(S(=O)(=O)N2CCN(c3cc(Cl)ccc3C)CC2)s1. The third-order valence-electron chi connectivity index (χ3n) is 4.06. The van der Waals surface area contributed by atoms with Crippen molar-refractivity contribution < 1.29 is 8.42 Å². The van der Waals surface area contributed by atoms with Gasteiger partial charge in [-0.25, -0.2) is 8.42 Å². The zero-order valence-electron chi connectivity index (χ0n) is 13.1. The van der Waals surface area contributed by atoms with E-state index in [0.717, 1.165) is 16.1 Å². The Hall–Kier alpha value is -1.08. The number of hydrogen-bond acceptors (Lipinski definition) is 4. The van der Waals surface area contributed by atoms with E-state index in [-0.39, 0.29) is 0 Å². The molecule has 1 aromatic heterocycles. The molecule has 1 fully saturated rings. The van der Waals surface area contributed by atoms with Gasteiger partial charge in [0.25, 0.3) is 10.0 Å². The lowest BCUT2D eigenvalue weighted by Gasteiger charge is -2.36. The van der Waals surface area contributed by atoms with Crippen molar-refractivity contribution >= 4 is 38.6 Å². The fourth-order valence-corrected chi connectivity index (χ4v) is 5.80. The second kappa shape index (κ2) is 6.43. The molecule has 4 nitrogen and oxygen atoms in total. The highest BCUT2D eigenvalue weighted by Crippen LogP contribution is 2.28. The van der Waals surface area contributed by atoms with Crippen molar-refractivity contribution in [3.8, 4) is 0 Å². The highest BCUT2D eigenvalue weighted by molar-refractivity contribution is 7.91. The molecule has 1 aromatic carbocycles. The Labute approximate surface area is 146 Å². The molecule has 0 unspecified atom stereocenters. The molecule has 1 saturated heterocycles. The van der Waals surface area contributed by atoms with Gasteiger partial charge < -0.3 is 4.90 Å². The largest absolute Gasteiger partial charge is 0.369 e. The molecule has 0 radical (unpaired) electrons. The van der Waals surface area contributed by atoms with E-state index in [1.807, 2.05) is 38.1 Å². The molecule has 0 amide bonds. The number of piperazine rings is 1. The maximum atomic E-state index is 12.7. The molecule has 3 rings (SSSR count). The van der Waals surface area contributed by atoms with Crippen LogP contribution in [0.15, 0.2) is 34.5 Å². The summed E-state index contributed by atoms with van der Waals surface area (Å²) < 4.78 is 27.3. The van der Waals surface area contributed by atoms with Gasteiger partial charge in [-0.2, -0.15) is 4.31 Å². The van der Waals surface area contributed by atoms with Gasteiger partial charge in [-0.15, -0.1) is 11.3 Å². The Morgan fingerprint density at radius 1 is 1.04 bits per heavy atom. The molecule has 0 aliphatic carbocycles. The summed E-state index contributed by atoms with van der Waals surface area (Å²) in [5.41, 5.74) is 2.24. The first-order valence-electron chi connectivity index (χ1n) is 7.45. The van der Waals surface area contributed by atoms with E-state index in [0.29, 0.717) is 35.4 Å². The fourth-order valence-electron chi connectivity index (χ4n) is 2.77. The van der Waals surface area contributed by atoms with Gasteiger partial charge in [0.15, 0.2) is 0 Å². The van der Waals surface area contributed by atoms with Gasteiger partial charge in [0.1, 0.15) is 4.21 Å². The fraction of sp³-hybridized carbons (Fsp3) is 0.375. The first-order valence-corrected chi connectivity index (χ1v) is 10.1. The number of halogens is 1. The summed E-state index contributed by atoms with van der Waals surface area (Å²) >= 11 is 7.42. The summed E-state index contributed by atoms with van der Waals surface area (Å²) in [7, 11) is -3.37. The van der Waals surface area contributed by atoms with Crippen molar-refractivity contribution in [3.63, 3.8) is 0 Å². The monoisotopic (exact) mass is 370 g/mol. The van der Waals surface area contributed by atoms with Gasteiger partial charge in [-0.05, 0) is 43.7 Å². The standard InChI is InChI=1S/C16H19ClN2O2S2/c1-12-3-5-14(17)11-15(12)18-7-9-19(10-8-18)23(20,21)16-6-4-13(2)22-16/h3-6,11H,7-10H2,1-2H3. The van der Waals surface area contributed by atoms with Gasteiger partial charge >= 0.3 is 0 Å². The van der Waals surface area contributed by atoms with E-state index in [4.69, 9.17) is 11.6 Å². The van der Waals surface area contributed by atoms with Crippen LogP contribution in [0.3, 0.4) is 0 Å². The summed E-state index contributed by atoms with van der Waals surface area (Å²) in [5, 5.41) is 0.703. The number of sulfonamides is 1. The summed E-state index contributed by atoms with van der Waals surface area (Å²) in [6.45, 7) is 6.29. The van der Waals surface area contributed by atoms with E-state index in [2.05, 4.69) is 4.90 Å². The molecule has 0 saturated carbocycles. The number of benzene rings is 1. The highest BCUT2D eigenvalue weighted by Gasteiger charge is 2.29. The van der Waals surface area contributed by atoms with Crippen LogP contribution in [0.2, 0.25) is 5.02 Å². The van der Waals surface area contributed by atoms with Crippen molar-refractivity contribution in [2.75, 3.05) is 31.1 Å². The van der Waals surface area contributed by atoms with Crippen LogP contribution in [0, 0.1) is 13.8 Å². The molecule has 0 N–H and O–H groups in total. The maximum absolute atomic E-state index is 12.7. The minimum Gasteiger partial charge on any atom is -0.369 e. The predicted octanol–water partition coefficient (Wildman–Crippen LogP) is 3.53. The molecule has 23 heavy (non-hydrogen) atoms. The molecule has 2 heterocycles. The van der Waals surface area contributed by atoms with Crippen LogP contribution in [0.4, 0.5) is 5.69 Å². The van der Waals surface area contributed by atoms with Gasteiger partial charge in [0.2, 0.25) is 0 Å². The average molecular weight is 371 g/mol. The van der Waals surface area contributed by atoms with Crippen LogP contribution in [-0.4, -0.2) is 38.9 Å². The van der Waals surface area contributed by atoms with E-state index in [1.54, 1.807) is 10.4 Å². The molecule has 7 heteroatoms. The molecule has 1 aliphatic heterocycles.